The first-order chi connectivity index (χ1) is 5.20. The van der Waals surface area contributed by atoms with Crippen LogP contribution in [-0.2, 0) is 4.79 Å². The molecule has 1 fully saturated rings. The molecule has 0 aromatic rings. The SMILES string of the molecule is C/C(=C\[C@@H]1CCCN1)C(=O)O. The van der Waals surface area contributed by atoms with E-state index in [-0.39, 0.29) is 6.04 Å². The van der Waals surface area contributed by atoms with Crippen LogP contribution in [0.25, 0.3) is 0 Å². The van der Waals surface area contributed by atoms with Gasteiger partial charge in [-0.05, 0) is 26.3 Å². The molecule has 0 saturated carbocycles. The lowest BCUT2D eigenvalue weighted by Gasteiger charge is -2.03. The van der Waals surface area contributed by atoms with Crippen LogP contribution in [0.3, 0.4) is 0 Å². The van der Waals surface area contributed by atoms with Gasteiger partial charge in [0, 0.05) is 11.6 Å². The van der Waals surface area contributed by atoms with Crippen molar-refractivity contribution in [2.75, 3.05) is 6.54 Å². The van der Waals surface area contributed by atoms with E-state index in [1.54, 1.807) is 13.0 Å². The Bertz CT molecular complexity index is 181. The van der Waals surface area contributed by atoms with Gasteiger partial charge in [0.05, 0.1) is 0 Å². The van der Waals surface area contributed by atoms with Gasteiger partial charge in [0.1, 0.15) is 0 Å². The molecule has 0 aliphatic carbocycles. The van der Waals surface area contributed by atoms with Crippen molar-refractivity contribution in [3.8, 4) is 0 Å². The van der Waals surface area contributed by atoms with Crippen molar-refractivity contribution < 1.29 is 9.90 Å². The first-order valence-electron chi connectivity index (χ1n) is 3.85. The lowest BCUT2D eigenvalue weighted by molar-refractivity contribution is -0.132. The Morgan fingerprint density at radius 1 is 1.73 bits per heavy atom. The van der Waals surface area contributed by atoms with E-state index in [0.29, 0.717) is 5.57 Å². The summed E-state index contributed by atoms with van der Waals surface area (Å²) in [5.41, 5.74) is 0.435. The van der Waals surface area contributed by atoms with Gasteiger partial charge in [0.15, 0.2) is 0 Å². The maximum Gasteiger partial charge on any atom is 0.331 e. The predicted octanol–water partition coefficient (Wildman–Crippen LogP) is 0.769. The van der Waals surface area contributed by atoms with Crippen molar-refractivity contribution in [1.29, 1.82) is 0 Å². The molecule has 0 radical (unpaired) electrons. The summed E-state index contributed by atoms with van der Waals surface area (Å²) in [5.74, 6) is -0.821. The number of carboxylic acids is 1. The van der Waals surface area contributed by atoms with E-state index in [1.807, 2.05) is 0 Å². The Hall–Kier alpha value is -0.830. The zero-order valence-electron chi connectivity index (χ0n) is 6.63. The van der Waals surface area contributed by atoms with Crippen LogP contribution in [0.15, 0.2) is 11.6 Å². The molecule has 0 spiro atoms. The first kappa shape index (κ1) is 8.27. The molecule has 0 amide bonds. The Morgan fingerprint density at radius 3 is 2.91 bits per heavy atom. The fourth-order valence-electron chi connectivity index (χ4n) is 1.23. The molecule has 62 valence electrons. The molecular weight excluding hydrogens is 142 g/mol. The second-order valence-electron chi connectivity index (χ2n) is 2.86. The topological polar surface area (TPSA) is 49.3 Å². The van der Waals surface area contributed by atoms with Gasteiger partial charge >= 0.3 is 5.97 Å². The van der Waals surface area contributed by atoms with E-state index in [2.05, 4.69) is 5.32 Å². The zero-order valence-corrected chi connectivity index (χ0v) is 6.63. The molecule has 1 rings (SSSR count). The number of nitrogens with one attached hydrogen (secondary N) is 1. The van der Waals surface area contributed by atoms with E-state index in [1.165, 1.54) is 0 Å². The largest absolute Gasteiger partial charge is 0.478 e. The summed E-state index contributed by atoms with van der Waals surface area (Å²) in [7, 11) is 0. The van der Waals surface area contributed by atoms with Crippen molar-refractivity contribution in [3.63, 3.8) is 0 Å². The highest BCUT2D eigenvalue weighted by Gasteiger charge is 2.12. The van der Waals surface area contributed by atoms with Gasteiger partial charge in [-0.15, -0.1) is 0 Å². The molecule has 1 aliphatic rings. The Balaban J connectivity index is 2.49. The standard InChI is InChI=1S/C8H13NO2/c1-6(8(10)11)5-7-3-2-4-9-7/h5,7,9H,2-4H2,1H3,(H,10,11)/b6-5+/t7-/m0/s1. The third kappa shape index (κ3) is 2.35. The molecule has 1 aliphatic heterocycles. The number of carboxylic acid groups (broad SMARTS) is 1. The zero-order chi connectivity index (χ0) is 8.27. The smallest absolute Gasteiger partial charge is 0.331 e. The Labute approximate surface area is 66.1 Å². The second-order valence-corrected chi connectivity index (χ2v) is 2.86. The normalized spacial score (nSPS) is 25.5. The van der Waals surface area contributed by atoms with Gasteiger partial charge in [-0.25, -0.2) is 4.79 Å². The van der Waals surface area contributed by atoms with Gasteiger partial charge < -0.3 is 10.4 Å². The molecule has 1 saturated heterocycles. The highest BCUT2D eigenvalue weighted by atomic mass is 16.4. The van der Waals surface area contributed by atoms with Gasteiger partial charge in [-0.3, -0.25) is 0 Å². The Morgan fingerprint density at radius 2 is 2.45 bits per heavy atom. The molecule has 11 heavy (non-hydrogen) atoms. The number of rotatable bonds is 2. The third-order valence-corrected chi connectivity index (χ3v) is 1.89. The van der Waals surface area contributed by atoms with Crippen molar-refractivity contribution in [2.45, 2.75) is 25.8 Å². The minimum Gasteiger partial charge on any atom is -0.478 e. The van der Waals surface area contributed by atoms with E-state index >= 15 is 0 Å². The molecule has 1 heterocycles. The summed E-state index contributed by atoms with van der Waals surface area (Å²) in [5, 5.41) is 11.7. The fourth-order valence-corrected chi connectivity index (χ4v) is 1.23. The van der Waals surface area contributed by atoms with Crippen LogP contribution < -0.4 is 5.32 Å². The maximum atomic E-state index is 10.4. The summed E-state index contributed by atoms with van der Waals surface area (Å²) in [6.07, 6.45) is 3.99. The van der Waals surface area contributed by atoms with Gasteiger partial charge in [-0.1, -0.05) is 6.08 Å². The third-order valence-electron chi connectivity index (χ3n) is 1.89. The number of aliphatic carboxylic acids is 1. The molecule has 1 atom stereocenters. The number of carbonyl (C=O) groups is 1. The summed E-state index contributed by atoms with van der Waals surface area (Å²) in [6.45, 7) is 2.64. The summed E-state index contributed by atoms with van der Waals surface area (Å²) in [4.78, 5) is 10.4. The number of hydrogen-bond acceptors (Lipinski definition) is 2. The van der Waals surface area contributed by atoms with Crippen LogP contribution in [-0.4, -0.2) is 23.7 Å². The van der Waals surface area contributed by atoms with Crippen LogP contribution in [0.4, 0.5) is 0 Å². The fraction of sp³-hybridized carbons (Fsp3) is 0.625. The molecule has 0 aromatic carbocycles. The molecule has 0 unspecified atom stereocenters. The van der Waals surface area contributed by atoms with Crippen LogP contribution in [0.2, 0.25) is 0 Å². The summed E-state index contributed by atoms with van der Waals surface area (Å²) < 4.78 is 0. The molecular formula is C8H13NO2. The predicted molar refractivity (Wildman–Crippen MR) is 42.4 cm³/mol. The van der Waals surface area contributed by atoms with E-state index < -0.39 is 5.97 Å². The van der Waals surface area contributed by atoms with Gasteiger partial charge in [0.2, 0.25) is 0 Å². The molecule has 3 heteroatoms. The van der Waals surface area contributed by atoms with Crippen LogP contribution >= 0.6 is 0 Å². The van der Waals surface area contributed by atoms with Gasteiger partial charge in [-0.2, -0.15) is 0 Å². The van der Waals surface area contributed by atoms with Crippen molar-refractivity contribution in [2.24, 2.45) is 0 Å². The average Bonchev–Trinajstić information content (AvgIpc) is 2.39. The summed E-state index contributed by atoms with van der Waals surface area (Å²) >= 11 is 0. The summed E-state index contributed by atoms with van der Waals surface area (Å²) in [6, 6.07) is 0.283. The molecule has 2 N–H and O–H groups in total. The van der Waals surface area contributed by atoms with Crippen LogP contribution in [0, 0.1) is 0 Å². The first-order valence-corrected chi connectivity index (χ1v) is 3.85. The highest BCUT2D eigenvalue weighted by Crippen LogP contribution is 2.08. The molecule has 3 nitrogen and oxygen atoms in total. The Kier molecular flexibility index (Phi) is 2.65. The van der Waals surface area contributed by atoms with Crippen LogP contribution in [0.5, 0.6) is 0 Å². The van der Waals surface area contributed by atoms with Crippen LogP contribution in [0.1, 0.15) is 19.8 Å². The molecule has 0 aromatic heterocycles. The second kappa shape index (κ2) is 3.53. The highest BCUT2D eigenvalue weighted by molar-refractivity contribution is 5.85. The lowest BCUT2D eigenvalue weighted by Crippen LogP contribution is -2.19. The monoisotopic (exact) mass is 155 g/mol. The van der Waals surface area contributed by atoms with E-state index in [9.17, 15) is 4.79 Å². The quantitative estimate of drug-likeness (QED) is 0.579. The van der Waals surface area contributed by atoms with E-state index in [0.717, 1.165) is 19.4 Å². The minimum absolute atomic E-state index is 0.283. The van der Waals surface area contributed by atoms with E-state index in [4.69, 9.17) is 5.11 Å². The number of hydrogen-bond donors (Lipinski definition) is 2. The molecule has 0 bridgehead atoms. The lowest BCUT2D eigenvalue weighted by atomic mass is 10.1. The minimum atomic E-state index is -0.821. The maximum absolute atomic E-state index is 10.4. The average molecular weight is 155 g/mol. The van der Waals surface area contributed by atoms with Crippen molar-refractivity contribution in [3.05, 3.63) is 11.6 Å². The van der Waals surface area contributed by atoms with Crippen molar-refractivity contribution in [1.82, 2.24) is 5.32 Å². The van der Waals surface area contributed by atoms with Gasteiger partial charge in [0.25, 0.3) is 0 Å². The van der Waals surface area contributed by atoms with Crippen molar-refractivity contribution >= 4 is 5.97 Å².